The van der Waals surface area contributed by atoms with Crippen molar-refractivity contribution in [2.24, 2.45) is 0 Å². The van der Waals surface area contributed by atoms with E-state index in [0.717, 1.165) is 18.2 Å². The van der Waals surface area contributed by atoms with Crippen molar-refractivity contribution in [3.63, 3.8) is 0 Å². The largest absolute Gasteiger partial charge is 0.481 e. The van der Waals surface area contributed by atoms with Gasteiger partial charge in [-0.25, -0.2) is 17.9 Å². The minimum Gasteiger partial charge on any atom is -0.481 e. The first-order valence-electron chi connectivity index (χ1n) is 12.4. The number of piperidine rings is 1. The number of aryl methyl sites for hydroxylation is 1. The maximum Gasteiger partial charge on any atom is 0.323 e. The van der Waals surface area contributed by atoms with Gasteiger partial charge in [0.15, 0.2) is 0 Å². The van der Waals surface area contributed by atoms with Crippen LogP contribution in [0.25, 0.3) is 0 Å². The van der Waals surface area contributed by atoms with Crippen molar-refractivity contribution < 1.29 is 32.7 Å². The second kappa shape index (κ2) is 13.2. The maximum atomic E-state index is 13.2. The number of nitrogens with one attached hydrogen (secondary N) is 4. The number of amides is 4. The molecule has 13 heteroatoms. The molecule has 2 atom stereocenters. The van der Waals surface area contributed by atoms with Gasteiger partial charge in [0.1, 0.15) is 6.04 Å². The van der Waals surface area contributed by atoms with Crippen LogP contribution in [-0.4, -0.2) is 67.1 Å². The van der Waals surface area contributed by atoms with E-state index in [4.69, 9.17) is 0 Å². The summed E-state index contributed by atoms with van der Waals surface area (Å²) in [6.45, 7) is 2.16. The van der Waals surface area contributed by atoms with E-state index in [9.17, 15) is 32.7 Å². The van der Waals surface area contributed by atoms with Gasteiger partial charge in [-0.1, -0.05) is 18.2 Å². The lowest BCUT2D eigenvalue weighted by molar-refractivity contribution is -0.143. The molecule has 1 aliphatic heterocycles. The molecule has 1 saturated heterocycles. The molecule has 0 saturated carbocycles. The van der Waals surface area contributed by atoms with E-state index in [2.05, 4.69) is 20.7 Å². The fourth-order valence-electron chi connectivity index (χ4n) is 4.37. The minimum absolute atomic E-state index is 0.257. The van der Waals surface area contributed by atoms with Gasteiger partial charge in [0.25, 0.3) is 0 Å². The lowest BCUT2D eigenvalue weighted by atomic mass is 9.98. The molecule has 210 valence electrons. The number of rotatable bonds is 10. The molecular formula is C26H33N5O7S. The van der Waals surface area contributed by atoms with Crippen LogP contribution in [0.1, 0.15) is 37.7 Å². The van der Waals surface area contributed by atoms with Gasteiger partial charge in [-0.05, 0) is 62.1 Å². The number of aliphatic carboxylic acids is 1. The normalized spacial score (nSPS) is 16.2. The third-order valence-corrected chi connectivity index (χ3v) is 6.90. The molecule has 0 radical (unpaired) electrons. The molecule has 0 aliphatic carbocycles. The number of benzene rings is 2. The fraction of sp³-hybridized carbons (Fsp3) is 0.385. The van der Waals surface area contributed by atoms with Crippen LogP contribution in [-0.2, 0) is 24.4 Å². The molecule has 0 bridgehead atoms. The molecule has 4 amide bonds. The van der Waals surface area contributed by atoms with Crippen LogP contribution in [0, 0.1) is 6.92 Å². The van der Waals surface area contributed by atoms with Crippen LogP contribution in [0.2, 0.25) is 0 Å². The number of nitrogens with zero attached hydrogens (tertiary/aromatic N) is 1. The zero-order valence-corrected chi connectivity index (χ0v) is 22.6. The van der Waals surface area contributed by atoms with Crippen LogP contribution in [0.4, 0.5) is 21.9 Å². The Labute approximate surface area is 227 Å². The first kappa shape index (κ1) is 29.6. The summed E-state index contributed by atoms with van der Waals surface area (Å²) < 4.78 is 26.1. The maximum absolute atomic E-state index is 13.2. The highest BCUT2D eigenvalue weighted by atomic mass is 32.2. The quantitative estimate of drug-likeness (QED) is 0.297. The van der Waals surface area contributed by atoms with Gasteiger partial charge in [0, 0.05) is 29.6 Å². The second-order valence-electron chi connectivity index (χ2n) is 9.45. The number of hydrogen-bond acceptors (Lipinski definition) is 6. The van der Waals surface area contributed by atoms with E-state index in [1.165, 1.54) is 4.90 Å². The Bertz CT molecular complexity index is 1310. The highest BCUT2D eigenvalue weighted by Crippen LogP contribution is 2.22. The number of carbonyl (C=O) groups excluding carboxylic acids is 3. The molecule has 0 aromatic heterocycles. The van der Waals surface area contributed by atoms with Crippen LogP contribution in [0.3, 0.4) is 0 Å². The van der Waals surface area contributed by atoms with Crippen molar-refractivity contribution in [2.75, 3.05) is 28.8 Å². The van der Waals surface area contributed by atoms with E-state index in [1.54, 1.807) is 30.3 Å². The van der Waals surface area contributed by atoms with Gasteiger partial charge in [0.05, 0.1) is 19.1 Å². The predicted octanol–water partition coefficient (Wildman–Crippen LogP) is 2.74. The molecule has 12 nitrogen and oxygen atoms in total. The summed E-state index contributed by atoms with van der Waals surface area (Å²) >= 11 is 0. The number of anilines is 3. The Morgan fingerprint density at radius 1 is 0.974 bits per heavy atom. The number of para-hydroxylation sites is 1. The SMILES string of the molecule is Cc1ccccc1NC(=O)Nc1ccc(NC(=O)CC(NS(C)(=O)=O)C(=O)N2CCCCC2CC(=O)O)cc1. The van der Waals surface area contributed by atoms with Crippen molar-refractivity contribution in [3.8, 4) is 0 Å². The molecule has 3 rings (SSSR count). The summed E-state index contributed by atoms with van der Waals surface area (Å²) in [7, 11) is -3.85. The molecular weight excluding hydrogens is 526 g/mol. The first-order chi connectivity index (χ1) is 18.4. The summed E-state index contributed by atoms with van der Waals surface area (Å²) in [6, 6.07) is 11.2. The molecule has 1 fully saturated rings. The Kier molecular flexibility index (Phi) is 10.0. The van der Waals surface area contributed by atoms with E-state index in [0.29, 0.717) is 29.9 Å². The van der Waals surface area contributed by atoms with Crippen LogP contribution in [0.15, 0.2) is 48.5 Å². The molecule has 2 aromatic carbocycles. The first-order valence-corrected chi connectivity index (χ1v) is 14.3. The summed E-state index contributed by atoms with van der Waals surface area (Å²) in [4.78, 5) is 50.9. The average molecular weight is 560 g/mol. The van der Waals surface area contributed by atoms with Crippen molar-refractivity contribution in [1.29, 1.82) is 0 Å². The van der Waals surface area contributed by atoms with Gasteiger partial charge >= 0.3 is 12.0 Å². The number of urea groups is 1. The van der Waals surface area contributed by atoms with E-state index >= 15 is 0 Å². The Morgan fingerprint density at radius 2 is 1.62 bits per heavy atom. The zero-order chi connectivity index (χ0) is 28.6. The fourth-order valence-corrected chi connectivity index (χ4v) is 5.08. The van der Waals surface area contributed by atoms with Crippen LogP contribution < -0.4 is 20.7 Å². The van der Waals surface area contributed by atoms with Crippen LogP contribution in [0.5, 0.6) is 0 Å². The van der Waals surface area contributed by atoms with Gasteiger partial charge in [-0.2, -0.15) is 0 Å². The number of likely N-dealkylation sites (tertiary alicyclic amines) is 1. The van der Waals surface area contributed by atoms with Gasteiger partial charge in [-0.15, -0.1) is 0 Å². The Balaban J connectivity index is 1.62. The number of carboxylic acid groups (broad SMARTS) is 1. The van der Waals surface area contributed by atoms with Crippen LogP contribution >= 0.6 is 0 Å². The molecule has 2 unspecified atom stereocenters. The third-order valence-electron chi connectivity index (χ3n) is 6.18. The average Bonchev–Trinajstić information content (AvgIpc) is 2.85. The molecule has 1 aliphatic rings. The molecule has 2 aromatic rings. The standard InChI is InChI=1S/C26H33N5O7S/c1-17-7-3-4-9-21(17)29-26(36)28-19-12-10-18(11-13-19)27-23(32)16-22(30-39(2,37)38)25(35)31-14-6-5-8-20(31)15-24(33)34/h3-4,7,9-13,20,22,30H,5-6,8,14-16H2,1-2H3,(H,27,32)(H,33,34)(H2,28,29,36). The molecule has 5 N–H and O–H groups in total. The van der Waals surface area contributed by atoms with E-state index in [1.807, 2.05) is 25.1 Å². The van der Waals surface area contributed by atoms with Gasteiger partial charge in [0.2, 0.25) is 21.8 Å². The monoisotopic (exact) mass is 559 g/mol. The van der Waals surface area contributed by atoms with Crippen molar-refractivity contribution in [1.82, 2.24) is 9.62 Å². The Morgan fingerprint density at radius 3 is 2.23 bits per heavy atom. The number of carboxylic acids is 1. The summed E-state index contributed by atoms with van der Waals surface area (Å²) in [5, 5.41) is 17.3. The number of hydrogen-bond donors (Lipinski definition) is 5. The van der Waals surface area contributed by atoms with Crippen molar-refractivity contribution >= 4 is 50.9 Å². The highest BCUT2D eigenvalue weighted by Gasteiger charge is 2.35. The lowest BCUT2D eigenvalue weighted by Crippen LogP contribution is -2.54. The molecule has 0 spiro atoms. The summed E-state index contributed by atoms with van der Waals surface area (Å²) in [5.41, 5.74) is 2.42. The second-order valence-corrected chi connectivity index (χ2v) is 11.2. The zero-order valence-electron chi connectivity index (χ0n) is 21.8. The van der Waals surface area contributed by atoms with Gasteiger partial charge in [-0.3, -0.25) is 14.4 Å². The van der Waals surface area contributed by atoms with Crippen molar-refractivity contribution in [3.05, 3.63) is 54.1 Å². The lowest BCUT2D eigenvalue weighted by Gasteiger charge is -2.37. The number of carbonyl (C=O) groups is 4. The van der Waals surface area contributed by atoms with E-state index < -0.39 is 52.3 Å². The Hall–Kier alpha value is -3.97. The molecule has 39 heavy (non-hydrogen) atoms. The molecule has 1 heterocycles. The topological polar surface area (TPSA) is 174 Å². The predicted molar refractivity (Wildman–Crippen MR) is 147 cm³/mol. The summed E-state index contributed by atoms with van der Waals surface area (Å²) in [5.74, 6) is -2.31. The summed E-state index contributed by atoms with van der Waals surface area (Å²) in [6.07, 6.45) is 2.04. The third kappa shape index (κ3) is 9.37. The van der Waals surface area contributed by atoms with E-state index in [-0.39, 0.29) is 13.0 Å². The number of sulfonamides is 1. The minimum atomic E-state index is -3.85. The van der Waals surface area contributed by atoms with Gasteiger partial charge < -0.3 is 26.0 Å². The highest BCUT2D eigenvalue weighted by molar-refractivity contribution is 7.88. The van der Waals surface area contributed by atoms with Crippen molar-refractivity contribution in [2.45, 2.75) is 51.1 Å². The smallest absolute Gasteiger partial charge is 0.323 e.